The van der Waals surface area contributed by atoms with Crippen LogP contribution >= 0.6 is 11.6 Å². The van der Waals surface area contributed by atoms with E-state index in [1.807, 2.05) is 6.92 Å². The van der Waals surface area contributed by atoms with E-state index in [-0.39, 0.29) is 5.69 Å². The normalized spacial score (nSPS) is 10.8. The van der Waals surface area contributed by atoms with Crippen LogP contribution in [0.2, 0.25) is 5.02 Å². The van der Waals surface area contributed by atoms with Crippen LogP contribution < -0.4 is 5.73 Å². The van der Waals surface area contributed by atoms with E-state index in [4.69, 9.17) is 17.3 Å². The van der Waals surface area contributed by atoms with Crippen molar-refractivity contribution in [3.63, 3.8) is 0 Å². The Balaban J connectivity index is 2.56. The lowest BCUT2D eigenvalue weighted by atomic mass is 10.2. The van der Waals surface area contributed by atoms with Gasteiger partial charge in [-0.1, -0.05) is 30.2 Å². The molecule has 0 saturated carbocycles. The summed E-state index contributed by atoms with van der Waals surface area (Å²) in [7, 11) is 0. The van der Waals surface area contributed by atoms with Crippen LogP contribution in [0.3, 0.4) is 0 Å². The first-order valence-corrected chi connectivity index (χ1v) is 5.66. The predicted octanol–water partition coefficient (Wildman–Crippen LogP) is 2.59. The average molecular weight is 255 g/mol. The third kappa shape index (κ3) is 2.24. The van der Waals surface area contributed by atoms with E-state index in [2.05, 4.69) is 10.3 Å². The maximum atomic E-state index is 13.7. The van der Waals surface area contributed by atoms with Crippen molar-refractivity contribution in [1.82, 2.24) is 15.0 Å². The van der Waals surface area contributed by atoms with E-state index in [0.717, 1.165) is 6.42 Å². The van der Waals surface area contributed by atoms with Gasteiger partial charge in [-0.25, -0.2) is 9.07 Å². The quantitative estimate of drug-likeness (QED) is 0.916. The number of hydrogen-bond acceptors (Lipinski definition) is 3. The molecule has 0 saturated heterocycles. The number of benzene rings is 1. The Labute approximate surface area is 103 Å². The molecule has 0 unspecified atom stereocenters. The molecular formula is C11H12ClFN4. The molecule has 2 rings (SSSR count). The SMILES string of the molecule is CCCc1c(N)nnn1-c1cc(Cl)ccc1F. The molecule has 0 fully saturated rings. The Morgan fingerprint density at radius 1 is 1.47 bits per heavy atom. The number of aromatic nitrogens is 3. The van der Waals surface area contributed by atoms with Gasteiger partial charge in [-0.15, -0.1) is 5.10 Å². The fourth-order valence-corrected chi connectivity index (χ4v) is 1.79. The number of anilines is 1. The molecule has 0 aliphatic heterocycles. The third-order valence-corrected chi connectivity index (χ3v) is 2.65. The van der Waals surface area contributed by atoms with Crippen molar-refractivity contribution in [2.24, 2.45) is 0 Å². The molecule has 90 valence electrons. The highest BCUT2D eigenvalue weighted by molar-refractivity contribution is 6.30. The van der Waals surface area contributed by atoms with Gasteiger partial charge in [0.2, 0.25) is 0 Å². The number of nitrogens with zero attached hydrogens (tertiary/aromatic N) is 3. The van der Waals surface area contributed by atoms with E-state index in [9.17, 15) is 4.39 Å². The standard InChI is InChI=1S/C11H12ClFN4/c1-2-3-9-11(14)15-16-17(9)10-6-7(12)4-5-8(10)13/h4-6H,2-3,14H2,1H3. The van der Waals surface area contributed by atoms with Crippen LogP contribution in [0.1, 0.15) is 19.0 Å². The van der Waals surface area contributed by atoms with Crippen molar-refractivity contribution in [1.29, 1.82) is 0 Å². The molecule has 6 heteroatoms. The van der Waals surface area contributed by atoms with Gasteiger partial charge < -0.3 is 5.73 Å². The van der Waals surface area contributed by atoms with Crippen LogP contribution in [0, 0.1) is 5.82 Å². The van der Waals surface area contributed by atoms with Gasteiger partial charge >= 0.3 is 0 Å². The van der Waals surface area contributed by atoms with Crippen molar-refractivity contribution >= 4 is 17.4 Å². The molecule has 2 aromatic rings. The van der Waals surface area contributed by atoms with Gasteiger partial charge in [0.05, 0.1) is 5.69 Å². The predicted molar refractivity (Wildman–Crippen MR) is 64.7 cm³/mol. The second-order valence-corrected chi connectivity index (χ2v) is 4.12. The third-order valence-electron chi connectivity index (χ3n) is 2.42. The van der Waals surface area contributed by atoms with Crippen LogP contribution in [0.15, 0.2) is 18.2 Å². The largest absolute Gasteiger partial charge is 0.381 e. The molecule has 17 heavy (non-hydrogen) atoms. The zero-order valence-corrected chi connectivity index (χ0v) is 10.1. The van der Waals surface area contributed by atoms with Crippen LogP contribution in [0.4, 0.5) is 10.2 Å². The van der Waals surface area contributed by atoms with Crippen LogP contribution in [-0.2, 0) is 6.42 Å². The number of nitrogen functional groups attached to an aromatic ring is 1. The van der Waals surface area contributed by atoms with Crippen molar-refractivity contribution in [3.8, 4) is 5.69 Å². The summed E-state index contributed by atoms with van der Waals surface area (Å²) in [6, 6.07) is 4.29. The summed E-state index contributed by atoms with van der Waals surface area (Å²) in [5.74, 6) is -0.0807. The second-order valence-electron chi connectivity index (χ2n) is 3.68. The first kappa shape index (κ1) is 11.9. The zero-order chi connectivity index (χ0) is 12.4. The van der Waals surface area contributed by atoms with Crippen molar-refractivity contribution in [2.75, 3.05) is 5.73 Å². The lowest BCUT2D eigenvalue weighted by Gasteiger charge is -2.07. The number of halogens is 2. The molecule has 0 atom stereocenters. The Bertz CT molecular complexity index is 538. The lowest BCUT2D eigenvalue weighted by molar-refractivity contribution is 0.601. The van der Waals surface area contributed by atoms with E-state index in [0.29, 0.717) is 23.0 Å². The summed E-state index contributed by atoms with van der Waals surface area (Å²) in [4.78, 5) is 0. The molecule has 0 aliphatic carbocycles. The monoisotopic (exact) mass is 254 g/mol. The first-order chi connectivity index (χ1) is 8.13. The average Bonchev–Trinajstić information content (AvgIpc) is 2.65. The molecule has 0 radical (unpaired) electrons. The molecular weight excluding hydrogens is 243 g/mol. The van der Waals surface area contributed by atoms with Crippen molar-refractivity contribution in [2.45, 2.75) is 19.8 Å². The van der Waals surface area contributed by atoms with E-state index in [1.54, 1.807) is 0 Å². The van der Waals surface area contributed by atoms with Gasteiger partial charge in [-0.05, 0) is 24.6 Å². The fraction of sp³-hybridized carbons (Fsp3) is 0.273. The maximum absolute atomic E-state index is 13.7. The van der Waals surface area contributed by atoms with Gasteiger partial charge in [-0.2, -0.15) is 0 Å². The molecule has 2 N–H and O–H groups in total. The van der Waals surface area contributed by atoms with E-state index in [1.165, 1.54) is 22.9 Å². The number of hydrogen-bond donors (Lipinski definition) is 1. The van der Waals surface area contributed by atoms with E-state index < -0.39 is 5.82 Å². The highest BCUT2D eigenvalue weighted by Gasteiger charge is 2.14. The highest BCUT2D eigenvalue weighted by Crippen LogP contribution is 2.22. The number of rotatable bonds is 3. The minimum atomic E-state index is -0.406. The maximum Gasteiger partial charge on any atom is 0.169 e. The fourth-order valence-electron chi connectivity index (χ4n) is 1.63. The van der Waals surface area contributed by atoms with Gasteiger partial charge in [0.25, 0.3) is 0 Å². The second kappa shape index (κ2) is 4.71. The molecule has 0 amide bonds. The summed E-state index contributed by atoms with van der Waals surface area (Å²) in [5, 5.41) is 8.06. The summed E-state index contributed by atoms with van der Waals surface area (Å²) >= 11 is 5.84. The topological polar surface area (TPSA) is 56.7 Å². The molecule has 4 nitrogen and oxygen atoms in total. The zero-order valence-electron chi connectivity index (χ0n) is 9.32. The lowest BCUT2D eigenvalue weighted by Crippen LogP contribution is -2.05. The Morgan fingerprint density at radius 3 is 2.94 bits per heavy atom. The molecule has 0 aliphatic rings. The van der Waals surface area contributed by atoms with Gasteiger partial charge in [0, 0.05) is 5.02 Å². The molecule has 1 aromatic heterocycles. The van der Waals surface area contributed by atoms with Gasteiger partial charge in [-0.3, -0.25) is 0 Å². The van der Waals surface area contributed by atoms with Crippen LogP contribution in [0.25, 0.3) is 5.69 Å². The van der Waals surface area contributed by atoms with Crippen LogP contribution in [-0.4, -0.2) is 15.0 Å². The Morgan fingerprint density at radius 2 is 2.24 bits per heavy atom. The van der Waals surface area contributed by atoms with Gasteiger partial charge in [0.1, 0.15) is 11.5 Å². The Hall–Kier alpha value is -1.62. The van der Waals surface area contributed by atoms with Crippen molar-refractivity contribution in [3.05, 3.63) is 34.7 Å². The summed E-state index contributed by atoms with van der Waals surface area (Å²) in [6.45, 7) is 2.01. The highest BCUT2D eigenvalue weighted by atomic mass is 35.5. The molecule has 0 spiro atoms. The summed E-state index contributed by atoms with van der Waals surface area (Å²) in [6.07, 6.45) is 1.56. The van der Waals surface area contributed by atoms with E-state index >= 15 is 0 Å². The minimum Gasteiger partial charge on any atom is -0.381 e. The molecule has 1 aromatic carbocycles. The smallest absolute Gasteiger partial charge is 0.169 e. The minimum absolute atomic E-state index is 0.269. The first-order valence-electron chi connectivity index (χ1n) is 5.29. The number of nitrogens with two attached hydrogens (primary N) is 1. The molecule has 0 bridgehead atoms. The summed E-state index contributed by atoms with van der Waals surface area (Å²) < 4.78 is 15.1. The molecule has 1 heterocycles. The summed E-state index contributed by atoms with van der Waals surface area (Å²) in [5.41, 5.74) is 6.67. The Kier molecular flexibility index (Phi) is 3.28. The van der Waals surface area contributed by atoms with Crippen LogP contribution in [0.5, 0.6) is 0 Å². The van der Waals surface area contributed by atoms with Gasteiger partial charge in [0.15, 0.2) is 5.82 Å². The van der Waals surface area contributed by atoms with Crippen molar-refractivity contribution < 1.29 is 4.39 Å².